The number of para-hydroxylation sites is 1. The summed E-state index contributed by atoms with van der Waals surface area (Å²) in [5.74, 6) is -70.5. The van der Waals surface area contributed by atoms with Gasteiger partial charge in [-0.2, -0.15) is 0 Å². The largest absolute Gasteiger partial charge is 0.497 e. The van der Waals surface area contributed by atoms with E-state index in [2.05, 4.69) is 57.2 Å². The third-order valence-electron chi connectivity index (χ3n) is 11.2. The van der Waals surface area contributed by atoms with Crippen molar-refractivity contribution in [2.75, 3.05) is 20.2 Å². The molecule has 6 rings (SSSR count). The highest BCUT2D eigenvalue weighted by atomic mass is 19.2. The number of hydrogen-bond donors (Lipinski definition) is 0. The molecule has 6 aromatic carbocycles. The summed E-state index contributed by atoms with van der Waals surface area (Å²) in [5.41, 5.74) is -10.2. The molecule has 0 radical (unpaired) electrons. The number of nitrogens with zero attached hydrogens (tertiary/aromatic N) is 1. The molecule has 0 aromatic heterocycles. The van der Waals surface area contributed by atoms with Gasteiger partial charge in [0.2, 0.25) is 0 Å². The van der Waals surface area contributed by atoms with Gasteiger partial charge in [0.05, 0.1) is 20.2 Å². The SMILES string of the molecule is CC[N+](CC)(Cc1ccc(OC)cc1)c1ccccc1C.Fc1c(F)c(F)c([B-](c2c(F)c(F)c(F)c(F)c2F)(c2c(F)c(F)c(F)c(F)c2F)c2c(F)c(F)c(F)c(F)c2F)c(F)c1F. The molecule has 0 heterocycles. The highest BCUT2D eigenvalue weighted by Crippen LogP contribution is 2.32. The van der Waals surface area contributed by atoms with Gasteiger partial charge in [0.15, 0.2) is 69.8 Å². The summed E-state index contributed by atoms with van der Waals surface area (Å²) in [6.07, 6.45) is -7.22. The van der Waals surface area contributed by atoms with Crippen LogP contribution in [0.2, 0.25) is 0 Å². The van der Waals surface area contributed by atoms with Gasteiger partial charge in [0.25, 0.3) is 0 Å². The van der Waals surface area contributed by atoms with Gasteiger partial charge in [0, 0.05) is 11.1 Å². The van der Waals surface area contributed by atoms with Gasteiger partial charge in [0.1, 0.15) is 70.7 Å². The Morgan fingerprint density at radius 1 is 0.379 bits per heavy atom. The Kier molecular flexibility index (Phi) is 14.5. The van der Waals surface area contributed by atoms with E-state index in [1.165, 1.54) is 16.8 Å². The summed E-state index contributed by atoms with van der Waals surface area (Å²) in [5, 5.41) is 0. The van der Waals surface area contributed by atoms with Gasteiger partial charge < -0.3 is 4.74 Å². The van der Waals surface area contributed by atoms with Crippen LogP contribution in [-0.2, 0) is 6.54 Å². The summed E-state index contributed by atoms with van der Waals surface area (Å²) in [4.78, 5) is 0. The lowest BCUT2D eigenvalue weighted by Crippen LogP contribution is -2.81. The van der Waals surface area contributed by atoms with Crippen molar-refractivity contribution >= 4 is 33.7 Å². The molecule has 352 valence electrons. The average Bonchev–Trinajstić information content (AvgIpc) is 3.31. The number of methoxy groups -OCH3 is 1. The van der Waals surface area contributed by atoms with E-state index in [1.54, 1.807) is 7.11 Å². The minimum absolute atomic E-state index is 0.917. The van der Waals surface area contributed by atoms with Crippen LogP contribution in [0.4, 0.5) is 93.5 Å². The van der Waals surface area contributed by atoms with Crippen LogP contribution >= 0.6 is 0 Å². The molecule has 2 nitrogen and oxygen atoms in total. The van der Waals surface area contributed by atoms with E-state index < -0.39 is 144 Å². The fraction of sp³-hybridized carbons (Fsp3) is 0.163. The zero-order chi connectivity index (χ0) is 49.7. The van der Waals surface area contributed by atoms with Gasteiger partial charge in [-0.3, -0.25) is 4.48 Å². The monoisotopic (exact) mass is 963 g/mol. The zero-order valence-corrected chi connectivity index (χ0v) is 33.7. The van der Waals surface area contributed by atoms with Crippen molar-refractivity contribution in [2.24, 2.45) is 0 Å². The highest BCUT2D eigenvalue weighted by molar-refractivity contribution is 7.20. The molecule has 0 saturated heterocycles. The molecule has 0 bridgehead atoms. The molecule has 0 aliphatic heterocycles. The quantitative estimate of drug-likeness (QED) is 0.0437. The van der Waals surface area contributed by atoms with Crippen LogP contribution < -0.4 is 31.1 Å². The van der Waals surface area contributed by atoms with Gasteiger partial charge in [-0.05, 0) is 51.1 Å². The van der Waals surface area contributed by atoms with E-state index in [4.69, 9.17) is 4.74 Å². The van der Waals surface area contributed by atoms with Crippen molar-refractivity contribution in [1.82, 2.24) is 4.48 Å². The van der Waals surface area contributed by atoms with E-state index in [-0.39, 0.29) is 0 Å². The van der Waals surface area contributed by atoms with Crippen molar-refractivity contribution in [3.63, 3.8) is 0 Å². The van der Waals surface area contributed by atoms with Crippen molar-refractivity contribution in [3.8, 4) is 5.75 Å². The molecule has 0 atom stereocenters. The van der Waals surface area contributed by atoms with Gasteiger partial charge >= 0.3 is 0 Å². The second-order valence-electron chi connectivity index (χ2n) is 14.4. The molecule has 0 saturated carbocycles. The van der Waals surface area contributed by atoms with Crippen LogP contribution in [0, 0.1) is 123 Å². The van der Waals surface area contributed by atoms with Crippen molar-refractivity contribution < 1.29 is 92.5 Å². The lowest BCUT2D eigenvalue weighted by atomic mass is 9.12. The fourth-order valence-corrected chi connectivity index (χ4v) is 7.92. The van der Waals surface area contributed by atoms with Crippen LogP contribution in [0.3, 0.4) is 0 Å². The minimum atomic E-state index is -7.22. The first-order valence-corrected chi connectivity index (χ1v) is 18.6. The number of rotatable bonds is 10. The van der Waals surface area contributed by atoms with Crippen molar-refractivity contribution in [1.29, 1.82) is 0 Å². The maximum Gasteiger partial charge on any atom is 0.200 e. The van der Waals surface area contributed by atoms with Crippen LogP contribution in [0.25, 0.3) is 0 Å². The normalized spacial score (nSPS) is 11.8. The molecule has 0 spiro atoms. The Balaban J connectivity index is 0.000000324. The van der Waals surface area contributed by atoms with E-state index in [1.807, 2.05) is 12.1 Å². The lowest BCUT2D eigenvalue weighted by molar-refractivity contribution is 0.290. The Morgan fingerprint density at radius 2 is 0.636 bits per heavy atom. The third-order valence-corrected chi connectivity index (χ3v) is 11.2. The molecular formula is C43H26BF20NO. The molecule has 0 N–H and O–H groups in total. The summed E-state index contributed by atoms with van der Waals surface area (Å²) >= 11 is 0. The molecule has 66 heavy (non-hydrogen) atoms. The molecular weight excluding hydrogens is 937 g/mol. The van der Waals surface area contributed by atoms with Crippen molar-refractivity contribution in [3.05, 3.63) is 176 Å². The standard InChI is InChI=1S/C24BF20.C19H26NO/c26-5-1(6(27)14(35)21(42)13(5)34)25(2-7(28)15(36)22(43)16(37)8(2)29,3-9(30)17(38)23(44)18(39)10(3)31)4-11(32)19(40)24(45)20(41)12(4)33;1-5-20(6-2,19-10-8-7-9-16(19)3)15-17-11-13-18(21-4)14-12-17/h;7-14H,5-6,15H2,1-4H3/q-1;+1. The van der Waals surface area contributed by atoms with Crippen LogP contribution in [0.5, 0.6) is 5.75 Å². The molecule has 6 aromatic rings. The summed E-state index contributed by atoms with van der Waals surface area (Å²) in [6, 6.07) is 17.2. The zero-order valence-electron chi connectivity index (χ0n) is 33.7. The summed E-state index contributed by atoms with van der Waals surface area (Å²) in [7, 11) is 1.71. The molecule has 0 aliphatic rings. The Labute approximate surface area is 359 Å². The number of aryl methyl sites for hydroxylation is 1. The highest BCUT2D eigenvalue weighted by Gasteiger charge is 2.52. The smallest absolute Gasteiger partial charge is 0.200 e. The third kappa shape index (κ3) is 7.87. The second-order valence-corrected chi connectivity index (χ2v) is 14.4. The molecule has 23 heteroatoms. The van der Waals surface area contributed by atoms with Gasteiger partial charge in [-0.25, -0.2) is 87.8 Å². The first kappa shape index (κ1) is 50.7. The van der Waals surface area contributed by atoms with Gasteiger partial charge in [-0.1, -0.05) is 18.2 Å². The van der Waals surface area contributed by atoms with E-state index in [9.17, 15) is 52.7 Å². The summed E-state index contributed by atoms with van der Waals surface area (Å²) in [6.45, 7) is 9.96. The predicted molar refractivity (Wildman–Crippen MR) is 200 cm³/mol. The average molecular weight is 963 g/mol. The van der Waals surface area contributed by atoms with Crippen LogP contribution in [0.1, 0.15) is 25.0 Å². The molecule has 0 unspecified atom stereocenters. The van der Waals surface area contributed by atoms with E-state index in [0.29, 0.717) is 0 Å². The number of hydrogen-bond acceptors (Lipinski definition) is 1. The van der Waals surface area contributed by atoms with E-state index in [0.717, 1.165) is 29.9 Å². The summed E-state index contributed by atoms with van der Waals surface area (Å²) < 4.78 is 300. The van der Waals surface area contributed by atoms with Crippen LogP contribution in [-0.4, -0.2) is 26.3 Å². The number of quaternary nitrogens is 1. The molecule has 0 amide bonds. The maximum absolute atomic E-state index is 15.4. The number of halogens is 20. The van der Waals surface area contributed by atoms with Gasteiger partial charge in [-0.15, -0.1) is 21.9 Å². The van der Waals surface area contributed by atoms with E-state index >= 15 is 35.1 Å². The Hall–Kier alpha value is -6.26. The first-order chi connectivity index (χ1) is 30.8. The minimum Gasteiger partial charge on any atom is -0.497 e. The number of ether oxygens (including phenoxy) is 1. The predicted octanol–water partition coefficient (Wildman–Crippen LogP) is 10.4. The molecule has 0 fully saturated rings. The topological polar surface area (TPSA) is 9.23 Å². The number of benzene rings is 6. The second kappa shape index (κ2) is 18.9. The molecule has 0 aliphatic carbocycles. The van der Waals surface area contributed by atoms with Crippen molar-refractivity contribution in [2.45, 2.75) is 27.3 Å². The fourth-order valence-electron chi connectivity index (χ4n) is 7.92. The first-order valence-electron chi connectivity index (χ1n) is 18.6. The lowest BCUT2D eigenvalue weighted by Gasteiger charge is -2.44. The maximum atomic E-state index is 15.4. The Morgan fingerprint density at radius 3 is 0.879 bits per heavy atom. The Bertz CT molecular complexity index is 2490. The van der Waals surface area contributed by atoms with Crippen LogP contribution in [0.15, 0.2) is 48.5 Å².